The van der Waals surface area contributed by atoms with Crippen LogP contribution in [0.25, 0.3) is 17.0 Å². The van der Waals surface area contributed by atoms with Gasteiger partial charge in [0.05, 0.1) is 17.9 Å². The third-order valence-corrected chi connectivity index (χ3v) is 5.46. The number of hydrogen-bond donors (Lipinski definition) is 1. The fourth-order valence-corrected chi connectivity index (χ4v) is 3.71. The molecule has 2 heterocycles. The zero-order chi connectivity index (χ0) is 23.2. The van der Waals surface area contributed by atoms with Gasteiger partial charge in [0.2, 0.25) is 5.91 Å². The lowest BCUT2D eigenvalue weighted by molar-refractivity contribution is -0.121. The van der Waals surface area contributed by atoms with E-state index < -0.39 is 0 Å². The predicted octanol–water partition coefficient (Wildman–Crippen LogP) is 4.93. The summed E-state index contributed by atoms with van der Waals surface area (Å²) in [4.78, 5) is 20.8. The van der Waals surface area contributed by atoms with Crippen LogP contribution in [0.15, 0.2) is 71.8 Å². The Hall–Kier alpha value is -3.74. The van der Waals surface area contributed by atoms with E-state index in [1.54, 1.807) is 17.2 Å². The number of benzene rings is 2. The molecule has 1 N–H and O–H groups in total. The molecule has 1 amide bonds. The number of amides is 1. The van der Waals surface area contributed by atoms with Gasteiger partial charge in [-0.25, -0.2) is 14.6 Å². The van der Waals surface area contributed by atoms with Crippen LogP contribution in [0.5, 0.6) is 0 Å². The van der Waals surface area contributed by atoms with E-state index in [2.05, 4.69) is 58.5 Å². The molecule has 7 nitrogen and oxygen atoms in total. The fraction of sp³-hybridized carbons (Fsp3) is 0.308. The summed E-state index contributed by atoms with van der Waals surface area (Å²) in [5, 5.41) is 7.16. The zero-order valence-electron chi connectivity index (χ0n) is 19.2. The number of rotatable bonds is 9. The Morgan fingerprint density at radius 2 is 1.82 bits per heavy atom. The van der Waals surface area contributed by atoms with Gasteiger partial charge in [0, 0.05) is 18.4 Å². The highest BCUT2D eigenvalue weighted by atomic mass is 16.4. The standard InChI is InChI=1S/C26H29N5O2/c1-18(2)14-20-4-6-22(7-5-20)24-15-28-26(33-24)13-12-25(32)30-19(3)21-8-10-23(11-9-21)31-17-27-16-29-31/h4-11,15-19H,12-14H2,1-3H3,(H,30,32)/t19-/m0/s1. The predicted molar refractivity (Wildman–Crippen MR) is 127 cm³/mol. The maximum Gasteiger partial charge on any atom is 0.220 e. The average Bonchev–Trinajstić information content (AvgIpc) is 3.50. The van der Waals surface area contributed by atoms with E-state index in [9.17, 15) is 4.79 Å². The monoisotopic (exact) mass is 443 g/mol. The Kier molecular flexibility index (Phi) is 6.98. The van der Waals surface area contributed by atoms with E-state index in [-0.39, 0.29) is 11.9 Å². The zero-order valence-corrected chi connectivity index (χ0v) is 19.2. The first-order valence-electron chi connectivity index (χ1n) is 11.3. The SMILES string of the molecule is CC(C)Cc1ccc(-c2cnc(CCC(=O)N[C@@H](C)c3ccc(-n4cncn4)cc3)o2)cc1. The second-order valence-corrected chi connectivity index (χ2v) is 8.63. The van der Waals surface area contributed by atoms with Gasteiger partial charge in [0.25, 0.3) is 0 Å². The van der Waals surface area contributed by atoms with Crippen molar-refractivity contribution in [3.8, 4) is 17.0 Å². The average molecular weight is 444 g/mol. The highest BCUT2D eigenvalue weighted by Gasteiger charge is 2.13. The molecule has 0 saturated carbocycles. The summed E-state index contributed by atoms with van der Waals surface area (Å²) in [6.45, 7) is 6.39. The number of nitrogens with one attached hydrogen (secondary N) is 1. The van der Waals surface area contributed by atoms with Crippen molar-refractivity contribution in [1.29, 1.82) is 0 Å². The fourth-order valence-electron chi connectivity index (χ4n) is 3.71. The molecule has 33 heavy (non-hydrogen) atoms. The molecular formula is C26H29N5O2. The number of aromatic nitrogens is 4. The maximum absolute atomic E-state index is 12.5. The number of carbonyl (C=O) groups excluding carboxylic acids is 1. The minimum atomic E-state index is -0.105. The van der Waals surface area contributed by atoms with E-state index >= 15 is 0 Å². The van der Waals surface area contributed by atoms with E-state index in [4.69, 9.17) is 4.42 Å². The molecule has 0 radical (unpaired) electrons. The largest absolute Gasteiger partial charge is 0.441 e. The quantitative estimate of drug-likeness (QED) is 0.396. The summed E-state index contributed by atoms with van der Waals surface area (Å²) < 4.78 is 7.57. The van der Waals surface area contributed by atoms with Crippen molar-refractivity contribution in [2.75, 3.05) is 0 Å². The summed E-state index contributed by atoms with van der Waals surface area (Å²) in [7, 11) is 0. The first kappa shape index (κ1) is 22.5. The number of carbonyl (C=O) groups is 1. The molecule has 0 unspecified atom stereocenters. The Morgan fingerprint density at radius 3 is 2.48 bits per heavy atom. The number of hydrogen-bond acceptors (Lipinski definition) is 5. The molecule has 7 heteroatoms. The molecule has 0 aliphatic heterocycles. The van der Waals surface area contributed by atoms with E-state index in [0.717, 1.165) is 29.0 Å². The molecule has 2 aromatic heterocycles. The smallest absolute Gasteiger partial charge is 0.220 e. The van der Waals surface area contributed by atoms with Gasteiger partial charge in [-0.05, 0) is 42.5 Å². The van der Waals surface area contributed by atoms with Gasteiger partial charge in [-0.2, -0.15) is 5.10 Å². The molecule has 4 aromatic rings. The van der Waals surface area contributed by atoms with Crippen LogP contribution in [0, 0.1) is 5.92 Å². The minimum Gasteiger partial charge on any atom is -0.441 e. The summed E-state index contributed by atoms with van der Waals surface area (Å²) >= 11 is 0. The Morgan fingerprint density at radius 1 is 1.06 bits per heavy atom. The van der Waals surface area contributed by atoms with Crippen molar-refractivity contribution in [2.24, 2.45) is 5.92 Å². The second kappa shape index (κ2) is 10.3. The number of oxazole rings is 1. The van der Waals surface area contributed by atoms with Crippen LogP contribution in [-0.2, 0) is 17.6 Å². The van der Waals surface area contributed by atoms with Crippen molar-refractivity contribution in [2.45, 2.75) is 46.1 Å². The third-order valence-electron chi connectivity index (χ3n) is 5.46. The Bertz CT molecular complexity index is 1160. The van der Waals surface area contributed by atoms with Crippen LogP contribution in [0.4, 0.5) is 0 Å². The normalized spacial score (nSPS) is 12.1. The van der Waals surface area contributed by atoms with Crippen LogP contribution in [-0.4, -0.2) is 25.7 Å². The van der Waals surface area contributed by atoms with Gasteiger partial charge in [0.1, 0.15) is 12.7 Å². The molecule has 0 aliphatic rings. The highest BCUT2D eigenvalue weighted by Crippen LogP contribution is 2.22. The first-order chi connectivity index (χ1) is 16.0. The highest BCUT2D eigenvalue weighted by molar-refractivity contribution is 5.76. The van der Waals surface area contributed by atoms with E-state index in [0.29, 0.717) is 24.7 Å². The number of aryl methyl sites for hydroxylation is 1. The van der Waals surface area contributed by atoms with Crippen LogP contribution >= 0.6 is 0 Å². The summed E-state index contributed by atoms with van der Waals surface area (Å²) in [5.41, 5.74) is 4.25. The van der Waals surface area contributed by atoms with Gasteiger partial charge >= 0.3 is 0 Å². The molecule has 0 fully saturated rings. The molecule has 0 bridgehead atoms. The molecule has 1 atom stereocenters. The van der Waals surface area contributed by atoms with Crippen molar-refractivity contribution in [1.82, 2.24) is 25.1 Å². The first-order valence-corrected chi connectivity index (χ1v) is 11.3. The van der Waals surface area contributed by atoms with Gasteiger partial charge in [-0.1, -0.05) is 50.2 Å². The molecule has 170 valence electrons. The topological polar surface area (TPSA) is 85.8 Å². The van der Waals surface area contributed by atoms with Crippen molar-refractivity contribution < 1.29 is 9.21 Å². The van der Waals surface area contributed by atoms with E-state index in [1.165, 1.54) is 11.9 Å². The second-order valence-electron chi connectivity index (χ2n) is 8.63. The third kappa shape index (κ3) is 5.94. The molecule has 0 spiro atoms. The van der Waals surface area contributed by atoms with Crippen LogP contribution in [0.2, 0.25) is 0 Å². The van der Waals surface area contributed by atoms with Crippen molar-refractivity contribution in [3.63, 3.8) is 0 Å². The maximum atomic E-state index is 12.5. The number of nitrogens with zero attached hydrogens (tertiary/aromatic N) is 4. The lowest BCUT2D eigenvalue weighted by Crippen LogP contribution is -2.26. The molecule has 2 aromatic carbocycles. The van der Waals surface area contributed by atoms with Gasteiger partial charge < -0.3 is 9.73 Å². The van der Waals surface area contributed by atoms with Gasteiger partial charge in [-0.15, -0.1) is 0 Å². The van der Waals surface area contributed by atoms with Crippen LogP contribution < -0.4 is 5.32 Å². The van der Waals surface area contributed by atoms with Crippen molar-refractivity contribution in [3.05, 3.63) is 84.4 Å². The molecule has 0 saturated heterocycles. The lowest BCUT2D eigenvalue weighted by Gasteiger charge is -2.14. The minimum absolute atomic E-state index is 0.0411. The van der Waals surface area contributed by atoms with Gasteiger partial charge in [-0.3, -0.25) is 4.79 Å². The van der Waals surface area contributed by atoms with Crippen molar-refractivity contribution >= 4 is 5.91 Å². The summed E-state index contributed by atoms with van der Waals surface area (Å²) in [5.74, 6) is 1.87. The van der Waals surface area contributed by atoms with Crippen LogP contribution in [0.1, 0.15) is 50.3 Å². The Labute approximate surface area is 193 Å². The molecular weight excluding hydrogens is 414 g/mol. The Balaban J connectivity index is 1.28. The molecule has 4 rings (SSSR count). The summed E-state index contributed by atoms with van der Waals surface area (Å²) in [6.07, 6.45) is 6.70. The lowest BCUT2D eigenvalue weighted by atomic mass is 10.0. The van der Waals surface area contributed by atoms with Crippen LogP contribution in [0.3, 0.4) is 0 Å². The van der Waals surface area contributed by atoms with Gasteiger partial charge in [0.15, 0.2) is 11.7 Å². The summed E-state index contributed by atoms with van der Waals surface area (Å²) in [6, 6.07) is 16.1. The molecule has 0 aliphatic carbocycles. The van der Waals surface area contributed by atoms with E-state index in [1.807, 2.05) is 31.2 Å².